The molecule has 0 aliphatic rings. The van der Waals surface area contributed by atoms with Gasteiger partial charge in [-0.3, -0.25) is 57.5 Å². The standard InChI is InChI=1S/C17H31BrN4O5.C14H26BrN3O4.C12H23BrN4O3.C9H18BrN3O2.C8H15NO4.C2HF3O/c1-10(13(23)19-9-7-8-18)20-14(24)11(2)21-15(25)12(3)22-16(26)27-17(4,5)6;1-9(11(19)16-8-6-7-15)17-12(20)10(2)18-13(21)22-14(3,4)5;1-7(14)10(18)16-9(3)12(20)17-8(2)11(19)15-6-4-5-13;1-6(11)8(14)13-7(2)9(15)12-5-3-4-10;1-5(6(10)11)9-7(12)13-8(2,3)4;3-2(4,5)1-6/h10-12H,7-9H2,1-6H3,(H,19,23)(H,20,24)(H,21,25)(H,22,26);9-10H,6-8H2,1-5H3,(H,16,19)(H,17,20)(H,18,21);7-9H,4-6,14H2,1-3H3,(H,15,19)(H,16,18)(H,17,20);6-7H,3-5,11H2,1-2H3,(H,12,15)(H,13,14);5H,1-4H3,(H,9,12)(H,10,11);1H/p+2/t10-,11-,12-;9-,10-;7-,8-,9-;6-,7-;5-;/m00000./s1. The van der Waals surface area contributed by atoms with Crippen molar-refractivity contribution in [2.24, 2.45) is 0 Å². The van der Waals surface area contributed by atoms with Crippen LogP contribution in [0.25, 0.3) is 0 Å². The molecule has 0 saturated heterocycles. The summed E-state index contributed by atoms with van der Waals surface area (Å²) in [6.07, 6.45) is -4.54. The minimum absolute atomic E-state index is 0.162. The number of nitrogens with one attached hydrogen (secondary N) is 13. The van der Waals surface area contributed by atoms with Crippen molar-refractivity contribution in [1.29, 1.82) is 0 Å². The maximum absolute atomic E-state index is 12.1. The molecule has 20 N–H and O–H groups in total. The second-order valence-electron chi connectivity index (χ2n) is 25.6. The van der Waals surface area contributed by atoms with Gasteiger partial charge in [-0.25, -0.2) is 14.4 Å². The predicted octanol–water partition coefficient (Wildman–Crippen LogP) is 1.40. The number of ether oxygens (including phenoxy) is 3. The van der Waals surface area contributed by atoms with Gasteiger partial charge in [-0.15, -0.1) is 0 Å². The molecule has 600 valence electrons. The van der Waals surface area contributed by atoms with E-state index in [9.17, 15) is 80.3 Å². The Hall–Kier alpha value is -6.72. The predicted molar refractivity (Wildman–Crippen MR) is 392 cm³/mol. The highest BCUT2D eigenvalue weighted by molar-refractivity contribution is 9.09. The normalized spacial score (nSPS) is 14.0. The maximum Gasteiger partial charge on any atom is 0.446 e. The summed E-state index contributed by atoms with van der Waals surface area (Å²) >= 11 is 13.1. The minimum Gasteiger partial charge on any atom is -0.480 e. The highest BCUT2D eigenvalue weighted by Crippen LogP contribution is 2.10. The minimum atomic E-state index is -4.64. The first-order chi connectivity index (χ1) is 47.0. The number of alkyl carbamates (subject to hydrolysis) is 3. The van der Waals surface area contributed by atoms with Gasteiger partial charge in [0.2, 0.25) is 53.5 Å². The van der Waals surface area contributed by atoms with Crippen LogP contribution in [0.1, 0.15) is 164 Å². The number of carboxylic acid groups (broad SMARTS) is 1. The van der Waals surface area contributed by atoms with E-state index in [-0.39, 0.29) is 41.5 Å². The molecule has 0 spiro atoms. The zero-order valence-corrected chi connectivity index (χ0v) is 69.1. The summed E-state index contributed by atoms with van der Waals surface area (Å²) in [5.74, 6) is -4.48. The fourth-order valence-electron chi connectivity index (χ4n) is 5.83. The van der Waals surface area contributed by atoms with Gasteiger partial charge in [0.05, 0.1) is 0 Å². The molecule has 103 heavy (non-hydrogen) atoms. The second-order valence-corrected chi connectivity index (χ2v) is 28.8. The van der Waals surface area contributed by atoms with Crippen molar-refractivity contribution in [1.82, 2.24) is 69.1 Å². The monoisotopic (exact) mass is 1750 g/mol. The quantitative estimate of drug-likeness (QED) is 0.0196. The highest BCUT2D eigenvalue weighted by Gasteiger charge is 2.29. The van der Waals surface area contributed by atoms with Gasteiger partial charge < -0.3 is 99.9 Å². The van der Waals surface area contributed by atoms with Crippen molar-refractivity contribution in [3.8, 4) is 0 Å². The lowest BCUT2D eigenvalue weighted by molar-refractivity contribution is -0.398. The van der Waals surface area contributed by atoms with Crippen LogP contribution in [0.4, 0.5) is 27.6 Å². The van der Waals surface area contributed by atoms with Crippen molar-refractivity contribution in [3.63, 3.8) is 0 Å². The Labute approximate surface area is 635 Å². The van der Waals surface area contributed by atoms with Crippen LogP contribution in [0.3, 0.4) is 0 Å². The summed E-state index contributed by atoms with van der Waals surface area (Å²) in [6.45, 7) is 34.8. The molecule has 41 heteroatoms. The van der Waals surface area contributed by atoms with Crippen molar-refractivity contribution in [2.45, 2.75) is 254 Å². The van der Waals surface area contributed by atoms with Crippen LogP contribution in [0.15, 0.2) is 0 Å². The van der Waals surface area contributed by atoms with E-state index in [4.69, 9.17) is 24.1 Å². The van der Waals surface area contributed by atoms with Crippen LogP contribution >= 0.6 is 63.7 Å². The highest BCUT2D eigenvalue weighted by atomic mass is 79.9. The van der Waals surface area contributed by atoms with Crippen molar-refractivity contribution < 1.29 is 116 Å². The third kappa shape index (κ3) is 66.9. The Morgan fingerprint density at radius 2 is 0.505 bits per heavy atom. The molecule has 0 heterocycles. The molecule has 0 aromatic rings. The number of quaternary nitrogens is 2. The molecule has 0 aliphatic carbocycles. The van der Waals surface area contributed by atoms with E-state index >= 15 is 0 Å². The average molecular weight is 1750 g/mol. The van der Waals surface area contributed by atoms with Crippen LogP contribution < -0.4 is 80.6 Å². The molecule has 0 saturated carbocycles. The van der Waals surface area contributed by atoms with Crippen molar-refractivity contribution >= 4 is 153 Å². The van der Waals surface area contributed by atoms with Crippen LogP contribution in [-0.4, -0.2) is 232 Å². The van der Waals surface area contributed by atoms with E-state index in [1.165, 1.54) is 27.7 Å². The molecule has 0 fully saturated rings. The number of carbonyl (C=O) groups excluding carboxylic acids is 14. The van der Waals surface area contributed by atoms with E-state index in [1.54, 1.807) is 111 Å². The molecular formula is C62H116Br4F3N15O19+2. The van der Waals surface area contributed by atoms with E-state index < -0.39 is 138 Å². The summed E-state index contributed by atoms with van der Waals surface area (Å²) in [6, 6.07) is -7.54. The Kier molecular flexibility index (Phi) is 59.9. The summed E-state index contributed by atoms with van der Waals surface area (Å²) in [5.41, 5.74) is 5.22. The molecule has 0 unspecified atom stereocenters. The lowest BCUT2D eigenvalue weighted by Crippen LogP contribution is -2.67. The molecule has 13 amide bonds. The van der Waals surface area contributed by atoms with Crippen LogP contribution in [0.2, 0.25) is 0 Å². The molecule has 0 aromatic carbocycles. The summed E-state index contributed by atoms with van der Waals surface area (Å²) in [7, 11) is 0. The largest absolute Gasteiger partial charge is 0.480 e. The maximum atomic E-state index is 12.1. The molecule has 0 aromatic heterocycles. The lowest BCUT2D eigenvalue weighted by atomic mass is 10.2. The summed E-state index contributed by atoms with van der Waals surface area (Å²) < 4.78 is 46.2. The Bertz CT molecular complexity index is 2620. The van der Waals surface area contributed by atoms with Crippen molar-refractivity contribution in [2.75, 3.05) is 47.5 Å². The van der Waals surface area contributed by atoms with E-state index in [0.717, 1.165) is 47.0 Å². The number of amides is 13. The number of hydrogen-bond acceptors (Lipinski definition) is 18. The fourth-order valence-corrected chi connectivity index (χ4v) is 6.95. The fraction of sp³-hybridized carbons (Fsp3) is 0.758. The van der Waals surface area contributed by atoms with Gasteiger partial charge >= 0.3 is 30.4 Å². The molecule has 0 aliphatic heterocycles. The molecule has 11 atom stereocenters. The van der Waals surface area contributed by atoms with Crippen LogP contribution in [0, 0.1) is 0 Å². The zero-order valence-electron chi connectivity index (χ0n) is 62.8. The SMILES string of the molecule is C[C@H](NC(=O)OC(C)(C)C)C(=O)N[C@@H](C)C(=O)NCCCBr.C[C@H](NC(=O)OC(C)(C)C)C(=O)N[C@@H](C)C(=O)N[C@@H](C)C(=O)NCCCBr.C[C@H](NC(=O)OC(C)(C)C)C(=O)O.C[C@H]([NH3+])C(=O)N[C@@H](C)C(=O)NCCCBr.C[C@H]([NH3+])C(=O)N[C@@H](C)C(=O)N[C@@H](C)C(=O)NCCCBr.O=CC(F)(F)F. The number of aliphatic carboxylic acids is 1. The number of aldehydes is 1. The first-order valence-corrected chi connectivity index (χ1v) is 37.1. The Morgan fingerprint density at radius 3 is 0.660 bits per heavy atom. The third-order valence-electron chi connectivity index (χ3n) is 11.3. The van der Waals surface area contributed by atoms with Gasteiger partial charge in [-0.2, -0.15) is 13.2 Å². The first-order valence-electron chi connectivity index (χ1n) is 32.6. The van der Waals surface area contributed by atoms with Gasteiger partial charge in [0.1, 0.15) is 71.2 Å². The lowest BCUT2D eigenvalue weighted by Gasteiger charge is -2.23. The number of halogens is 7. The van der Waals surface area contributed by atoms with Gasteiger partial charge in [0.15, 0.2) is 12.1 Å². The van der Waals surface area contributed by atoms with E-state index in [2.05, 4.69) is 144 Å². The first kappa shape index (κ1) is 107. The zero-order chi connectivity index (χ0) is 81.9. The van der Waals surface area contributed by atoms with Crippen LogP contribution in [-0.2, 0) is 71.7 Å². The van der Waals surface area contributed by atoms with Gasteiger partial charge in [0, 0.05) is 47.5 Å². The smallest absolute Gasteiger partial charge is 0.446 e. The topological polar surface area (TPSA) is 516 Å². The average Bonchev–Trinajstić information content (AvgIpc) is 0.923. The number of carbonyl (C=O) groups is 15. The Balaban J connectivity index is -0.000000285. The second kappa shape index (κ2) is 57.6. The molecule has 0 rings (SSSR count). The number of alkyl halides is 7. The van der Waals surface area contributed by atoms with E-state index in [1.807, 2.05) is 0 Å². The van der Waals surface area contributed by atoms with Crippen LogP contribution in [0.5, 0.6) is 0 Å². The number of rotatable bonds is 32. The molecule has 34 nitrogen and oxygen atoms in total. The van der Waals surface area contributed by atoms with Gasteiger partial charge in [-0.1, -0.05) is 63.7 Å². The van der Waals surface area contributed by atoms with Crippen molar-refractivity contribution in [3.05, 3.63) is 0 Å². The van der Waals surface area contributed by atoms with E-state index in [0.29, 0.717) is 26.2 Å². The molecule has 0 radical (unpaired) electrons. The third-order valence-corrected chi connectivity index (χ3v) is 13.6. The number of hydrogen-bond donors (Lipinski definition) is 16. The molecule has 0 bridgehead atoms. The molecular weight excluding hydrogens is 1640 g/mol. The van der Waals surface area contributed by atoms with Gasteiger partial charge in [0.25, 0.3) is 11.8 Å². The van der Waals surface area contributed by atoms with Gasteiger partial charge in [-0.05, 0) is 164 Å². The Morgan fingerprint density at radius 1 is 0.340 bits per heavy atom. The summed E-state index contributed by atoms with van der Waals surface area (Å²) in [4.78, 5) is 171. The number of carboxylic acids is 1. The summed E-state index contributed by atoms with van der Waals surface area (Å²) in [5, 5.41) is 44.7.